The molecule has 4 nitrogen and oxygen atoms in total. The van der Waals surface area contributed by atoms with Crippen LogP contribution < -0.4 is 0 Å². The van der Waals surface area contributed by atoms with Gasteiger partial charge in [0.15, 0.2) is 0 Å². The molecule has 1 heterocycles. The Balaban J connectivity index is 1.85. The number of hydrogen-bond donors (Lipinski definition) is 2. The summed E-state index contributed by atoms with van der Waals surface area (Å²) >= 11 is 10.5. The van der Waals surface area contributed by atoms with Gasteiger partial charge in [0.25, 0.3) is 0 Å². The summed E-state index contributed by atoms with van der Waals surface area (Å²) < 4.78 is 1.81. The highest BCUT2D eigenvalue weighted by Crippen LogP contribution is 2.36. The van der Waals surface area contributed by atoms with E-state index in [4.69, 9.17) is 11.6 Å². The van der Waals surface area contributed by atoms with Crippen LogP contribution in [-0.4, -0.2) is 31.0 Å². The van der Waals surface area contributed by atoms with E-state index in [0.717, 1.165) is 31.2 Å². The maximum Gasteiger partial charge on any atom is 0.305 e. The first kappa shape index (κ1) is 26.8. The van der Waals surface area contributed by atoms with Gasteiger partial charge in [-0.3, -0.25) is 4.79 Å². The lowest BCUT2D eigenvalue weighted by molar-refractivity contribution is -0.137. The molecular formula is C26H37BrClNO3. The smallest absolute Gasteiger partial charge is 0.305 e. The number of allylic oxidation sites excluding steroid dienone is 2. The van der Waals surface area contributed by atoms with Gasteiger partial charge in [0.05, 0.1) is 23.4 Å². The molecule has 0 saturated carbocycles. The van der Waals surface area contributed by atoms with Crippen LogP contribution in [0.4, 0.5) is 0 Å². The zero-order valence-corrected chi connectivity index (χ0v) is 21.4. The summed E-state index contributed by atoms with van der Waals surface area (Å²) in [4.78, 5) is 11.5. The van der Waals surface area contributed by atoms with Gasteiger partial charge in [0.1, 0.15) is 5.75 Å². The lowest BCUT2D eigenvalue weighted by Crippen LogP contribution is -2.29. The summed E-state index contributed by atoms with van der Waals surface area (Å²) in [5.41, 5.74) is 0.791. The Morgan fingerprint density at radius 3 is 2.47 bits per heavy atom. The second-order valence-corrected chi connectivity index (χ2v) is 10.2. The van der Waals surface area contributed by atoms with Crippen LogP contribution in [0.1, 0.15) is 83.6 Å². The molecule has 0 aliphatic heterocycles. The molecule has 3 unspecified atom stereocenters. The number of rotatable bonds is 16. The van der Waals surface area contributed by atoms with Crippen LogP contribution in [-0.2, 0) is 4.79 Å². The number of carboxylic acids is 1. The van der Waals surface area contributed by atoms with E-state index in [1.54, 1.807) is 6.20 Å². The summed E-state index contributed by atoms with van der Waals surface area (Å²) in [6, 6.07) is 6.97. The van der Waals surface area contributed by atoms with E-state index in [2.05, 4.69) is 35.0 Å². The molecule has 3 atom stereocenters. The first-order chi connectivity index (χ1) is 15.5. The fourth-order valence-corrected chi connectivity index (χ4v) is 5.13. The zero-order chi connectivity index (χ0) is 23.3. The van der Waals surface area contributed by atoms with Crippen molar-refractivity contribution in [1.82, 2.24) is 4.57 Å². The third kappa shape index (κ3) is 8.47. The predicted octanol–water partition coefficient (Wildman–Crippen LogP) is 8.21. The summed E-state index contributed by atoms with van der Waals surface area (Å²) in [7, 11) is 0. The largest absolute Gasteiger partial charge is 0.506 e. The van der Waals surface area contributed by atoms with E-state index in [9.17, 15) is 15.0 Å². The quantitative estimate of drug-likeness (QED) is 0.132. The molecule has 0 bridgehead atoms. The number of halogens is 2. The number of aromatic nitrogens is 1. The van der Waals surface area contributed by atoms with Gasteiger partial charge >= 0.3 is 5.97 Å². The Labute approximate surface area is 205 Å². The zero-order valence-electron chi connectivity index (χ0n) is 19.1. The molecule has 1 aromatic heterocycles. The van der Waals surface area contributed by atoms with E-state index in [-0.39, 0.29) is 17.0 Å². The number of aromatic hydroxyl groups is 1. The Bertz CT molecular complexity index is 851. The van der Waals surface area contributed by atoms with Crippen molar-refractivity contribution in [1.29, 1.82) is 0 Å². The molecule has 0 amide bonds. The van der Waals surface area contributed by atoms with Crippen LogP contribution >= 0.6 is 27.5 Å². The van der Waals surface area contributed by atoms with Crippen molar-refractivity contribution >= 4 is 44.4 Å². The monoisotopic (exact) mass is 525 g/mol. The SMILES string of the molecule is CCCCCCCC/C=C\CCCC(Br)C(Cl)C(CC(=O)O)n1cc(O)c2ccccc21. The number of para-hydroxylation sites is 1. The van der Waals surface area contributed by atoms with E-state index in [0.29, 0.717) is 5.39 Å². The number of hydrogen-bond acceptors (Lipinski definition) is 2. The first-order valence-corrected chi connectivity index (χ1v) is 13.2. The summed E-state index contributed by atoms with van der Waals surface area (Å²) in [5.74, 6) is -0.767. The van der Waals surface area contributed by atoms with Crippen molar-refractivity contribution in [3.63, 3.8) is 0 Å². The van der Waals surface area contributed by atoms with Crippen LogP contribution in [0.5, 0.6) is 5.75 Å². The maximum absolute atomic E-state index is 11.6. The van der Waals surface area contributed by atoms with Gasteiger partial charge in [-0.2, -0.15) is 0 Å². The number of benzene rings is 1. The van der Waals surface area contributed by atoms with E-state index >= 15 is 0 Å². The number of aliphatic carboxylic acids is 1. The second kappa shape index (κ2) is 14.6. The number of carbonyl (C=O) groups is 1. The van der Waals surface area contributed by atoms with Crippen LogP contribution in [0.25, 0.3) is 10.9 Å². The van der Waals surface area contributed by atoms with Gasteiger partial charge < -0.3 is 14.8 Å². The van der Waals surface area contributed by atoms with Crippen LogP contribution in [0.3, 0.4) is 0 Å². The van der Waals surface area contributed by atoms with Crippen molar-refractivity contribution in [2.75, 3.05) is 0 Å². The second-order valence-electron chi connectivity index (χ2n) is 8.52. The first-order valence-electron chi connectivity index (χ1n) is 11.9. The highest BCUT2D eigenvalue weighted by atomic mass is 79.9. The molecule has 2 N–H and O–H groups in total. The minimum atomic E-state index is -0.907. The fourth-order valence-electron chi connectivity index (χ4n) is 4.11. The van der Waals surface area contributed by atoms with Gasteiger partial charge in [-0.1, -0.05) is 79.2 Å². The molecule has 178 valence electrons. The van der Waals surface area contributed by atoms with E-state index in [1.165, 1.54) is 38.5 Å². The van der Waals surface area contributed by atoms with Crippen molar-refractivity contribution in [3.05, 3.63) is 42.6 Å². The third-order valence-electron chi connectivity index (χ3n) is 5.92. The molecule has 0 fully saturated rings. The molecular weight excluding hydrogens is 490 g/mol. The lowest BCUT2D eigenvalue weighted by Gasteiger charge is -2.27. The molecule has 2 aromatic rings. The number of carboxylic acid groups (broad SMARTS) is 1. The maximum atomic E-state index is 11.6. The minimum Gasteiger partial charge on any atom is -0.506 e. The standard InChI is InChI=1S/C26H37BrClNO3/c1-2-3-4-5-6-7-8-9-10-11-12-16-21(27)26(28)23(18-25(31)32)29-19-24(30)20-15-13-14-17-22(20)29/h9-10,13-15,17,19,21,23,26,30H,2-8,11-12,16,18H2,1H3,(H,31,32)/b10-9-. The molecule has 6 heteroatoms. The van der Waals surface area contributed by atoms with Crippen molar-refractivity contribution in [2.24, 2.45) is 0 Å². The molecule has 0 radical (unpaired) electrons. The van der Waals surface area contributed by atoms with Gasteiger partial charge in [0.2, 0.25) is 0 Å². The molecule has 2 rings (SSSR count). The van der Waals surface area contributed by atoms with Crippen molar-refractivity contribution < 1.29 is 15.0 Å². The van der Waals surface area contributed by atoms with Crippen molar-refractivity contribution in [2.45, 2.75) is 93.8 Å². The number of unbranched alkanes of at least 4 members (excludes halogenated alkanes) is 7. The summed E-state index contributed by atoms with van der Waals surface area (Å²) in [6.07, 6.45) is 17.9. The molecule has 1 aromatic carbocycles. The normalized spacial score (nSPS) is 14.7. The average Bonchev–Trinajstić information content (AvgIpc) is 3.11. The molecule has 0 saturated heterocycles. The topological polar surface area (TPSA) is 62.5 Å². The van der Waals surface area contributed by atoms with Crippen LogP contribution in [0.2, 0.25) is 0 Å². The number of nitrogens with zero attached hydrogens (tertiary/aromatic N) is 1. The summed E-state index contributed by atoms with van der Waals surface area (Å²) in [6.45, 7) is 2.24. The van der Waals surface area contributed by atoms with Crippen molar-refractivity contribution in [3.8, 4) is 5.75 Å². The Morgan fingerprint density at radius 2 is 1.75 bits per heavy atom. The highest BCUT2D eigenvalue weighted by Gasteiger charge is 2.30. The lowest BCUT2D eigenvalue weighted by atomic mass is 10.0. The van der Waals surface area contributed by atoms with Crippen LogP contribution in [0.15, 0.2) is 42.6 Å². The molecule has 0 aliphatic carbocycles. The van der Waals surface area contributed by atoms with Gasteiger partial charge in [-0.05, 0) is 44.2 Å². The average molecular weight is 527 g/mol. The Morgan fingerprint density at radius 1 is 1.09 bits per heavy atom. The number of fused-ring (bicyclic) bond motifs is 1. The Hall–Kier alpha value is -1.46. The summed E-state index contributed by atoms with van der Waals surface area (Å²) in [5, 5.41) is 20.0. The molecule has 32 heavy (non-hydrogen) atoms. The van der Waals surface area contributed by atoms with Crippen LogP contribution in [0, 0.1) is 0 Å². The Kier molecular flexibility index (Phi) is 12.3. The molecule has 0 spiro atoms. The fraction of sp³-hybridized carbons (Fsp3) is 0.577. The van der Waals surface area contributed by atoms with E-state index in [1.807, 2.05) is 28.8 Å². The predicted molar refractivity (Wildman–Crippen MR) is 138 cm³/mol. The van der Waals surface area contributed by atoms with Gasteiger partial charge in [-0.25, -0.2) is 0 Å². The number of alkyl halides is 2. The van der Waals surface area contributed by atoms with E-state index < -0.39 is 17.4 Å². The molecule has 0 aliphatic rings. The van der Waals surface area contributed by atoms with Gasteiger partial charge in [-0.15, -0.1) is 11.6 Å². The van der Waals surface area contributed by atoms with Gasteiger partial charge in [0, 0.05) is 16.4 Å². The third-order valence-corrected chi connectivity index (χ3v) is 7.84. The minimum absolute atomic E-state index is 0.0243. The highest BCUT2D eigenvalue weighted by molar-refractivity contribution is 9.09.